The van der Waals surface area contributed by atoms with Crippen LogP contribution in [0.4, 0.5) is 11.4 Å². The first kappa shape index (κ1) is 19.3. The van der Waals surface area contributed by atoms with Crippen LogP contribution in [0.1, 0.15) is 20.7 Å². The second-order valence-corrected chi connectivity index (χ2v) is 5.71. The highest BCUT2D eigenvalue weighted by molar-refractivity contribution is 6.02. The Bertz CT molecular complexity index is 1070. The van der Waals surface area contributed by atoms with E-state index in [1.165, 1.54) is 30.5 Å². The highest BCUT2D eigenvalue weighted by atomic mass is 16.6. The predicted octanol–water partition coefficient (Wildman–Crippen LogP) is 2.44. The maximum Gasteiger partial charge on any atom is 0.275 e. The summed E-state index contributed by atoms with van der Waals surface area (Å²) >= 11 is 0. The monoisotopic (exact) mass is 393 g/mol. The number of ether oxygens (including phenoxy) is 1. The molecule has 2 aromatic carbocycles. The van der Waals surface area contributed by atoms with E-state index in [0.29, 0.717) is 5.75 Å². The number of nitro benzene ring substituents is 1. The summed E-state index contributed by atoms with van der Waals surface area (Å²) in [7, 11) is 0. The molecule has 0 saturated carbocycles. The number of para-hydroxylation sites is 1. The van der Waals surface area contributed by atoms with Gasteiger partial charge in [0.1, 0.15) is 11.3 Å². The van der Waals surface area contributed by atoms with Gasteiger partial charge in [0.05, 0.1) is 10.5 Å². The van der Waals surface area contributed by atoms with Gasteiger partial charge in [0.25, 0.3) is 17.5 Å². The lowest BCUT2D eigenvalue weighted by molar-refractivity contribution is -0.384. The quantitative estimate of drug-likeness (QED) is 0.342. The number of hydrazine groups is 1. The van der Waals surface area contributed by atoms with Crippen LogP contribution in [0.5, 0.6) is 11.6 Å². The summed E-state index contributed by atoms with van der Waals surface area (Å²) in [6.07, 6.45) is 1.46. The van der Waals surface area contributed by atoms with Crippen LogP contribution in [0.25, 0.3) is 0 Å². The molecule has 1 aromatic heterocycles. The minimum absolute atomic E-state index is 0.0248. The highest BCUT2D eigenvalue weighted by Gasteiger charge is 2.18. The molecule has 4 N–H and O–H groups in total. The number of nitrogens with zero attached hydrogens (tertiary/aromatic N) is 2. The summed E-state index contributed by atoms with van der Waals surface area (Å²) in [6.45, 7) is 0. The molecule has 3 rings (SSSR count). The Kier molecular flexibility index (Phi) is 5.64. The topological polar surface area (TPSA) is 149 Å². The number of anilines is 1. The van der Waals surface area contributed by atoms with Gasteiger partial charge in [-0.25, -0.2) is 4.98 Å². The van der Waals surface area contributed by atoms with Gasteiger partial charge in [0.2, 0.25) is 5.88 Å². The molecule has 0 radical (unpaired) electrons. The minimum atomic E-state index is -0.811. The van der Waals surface area contributed by atoms with Crippen molar-refractivity contribution >= 4 is 23.2 Å². The van der Waals surface area contributed by atoms with Crippen molar-refractivity contribution in [2.24, 2.45) is 0 Å². The molecular weight excluding hydrogens is 378 g/mol. The average Bonchev–Trinajstić information content (AvgIpc) is 2.73. The molecule has 0 aliphatic heterocycles. The Balaban J connectivity index is 1.72. The summed E-state index contributed by atoms with van der Waals surface area (Å²) in [5.41, 5.74) is 9.72. The number of hydrogen-bond acceptors (Lipinski definition) is 7. The van der Waals surface area contributed by atoms with Crippen LogP contribution in [0.3, 0.4) is 0 Å². The van der Waals surface area contributed by atoms with E-state index >= 15 is 0 Å². The smallest absolute Gasteiger partial charge is 0.275 e. The Labute approximate surface area is 164 Å². The van der Waals surface area contributed by atoms with Crippen molar-refractivity contribution in [3.05, 3.63) is 88.1 Å². The molecule has 0 unspecified atom stereocenters. The highest BCUT2D eigenvalue weighted by Crippen LogP contribution is 2.22. The zero-order valence-corrected chi connectivity index (χ0v) is 14.9. The van der Waals surface area contributed by atoms with Crippen molar-refractivity contribution in [1.82, 2.24) is 15.8 Å². The normalized spacial score (nSPS) is 10.1. The fraction of sp³-hybridized carbons (Fsp3) is 0. The van der Waals surface area contributed by atoms with E-state index in [2.05, 4.69) is 15.8 Å². The minimum Gasteiger partial charge on any atom is -0.438 e. The van der Waals surface area contributed by atoms with E-state index in [-0.39, 0.29) is 28.4 Å². The number of nitrogens with one attached hydrogen (secondary N) is 2. The van der Waals surface area contributed by atoms with E-state index in [0.717, 1.165) is 6.07 Å². The Morgan fingerprint density at radius 1 is 0.966 bits per heavy atom. The van der Waals surface area contributed by atoms with Crippen LogP contribution in [0.15, 0.2) is 66.9 Å². The lowest BCUT2D eigenvalue weighted by Crippen LogP contribution is -2.42. The van der Waals surface area contributed by atoms with Crippen LogP contribution in [0.2, 0.25) is 0 Å². The van der Waals surface area contributed by atoms with Crippen LogP contribution >= 0.6 is 0 Å². The molecule has 0 fully saturated rings. The number of rotatable bonds is 5. The third-order valence-corrected chi connectivity index (χ3v) is 3.76. The second-order valence-electron chi connectivity index (χ2n) is 5.71. The molecule has 0 atom stereocenters. The van der Waals surface area contributed by atoms with Crippen LogP contribution < -0.4 is 21.3 Å². The van der Waals surface area contributed by atoms with Gasteiger partial charge in [0, 0.05) is 24.0 Å². The lowest BCUT2D eigenvalue weighted by Gasteiger charge is -2.11. The first-order chi connectivity index (χ1) is 14.0. The van der Waals surface area contributed by atoms with E-state index in [9.17, 15) is 19.7 Å². The summed E-state index contributed by atoms with van der Waals surface area (Å²) in [6, 6.07) is 15.2. The number of aromatic nitrogens is 1. The Morgan fingerprint density at radius 2 is 1.66 bits per heavy atom. The van der Waals surface area contributed by atoms with Gasteiger partial charge in [-0.1, -0.05) is 18.2 Å². The number of hydrogen-bond donors (Lipinski definition) is 3. The number of pyridine rings is 1. The Hall–Kier alpha value is -4.47. The third kappa shape index (κ3) is 4.63. The van der Waals surface area contributed by atoms with Gasteiger partial charge in [-0.2, -0.15) is 0 Å². The summed E-state index contributed by atoms with van der Waals surface area (Å²) < 4.78 is 5.60. The number of nitro groups is 1. The van der Waals surface area contributed by atoms with Gasteiger partial charge in [-0.15, -0.1) is 0 Å². The number of amides is 2. The standard InChI is InChI=1S/C19H15N5O5/c20-16-9-8-12(24(27)28)11-15(16)18(26)23-22-17(25)14-7-4-10-21-19(14)29-13-5-2-1-3-6-13/h1-11H,20H2,(H,22,25)(H,23,26). The lowest BCUT2D eigenvalue weighted by atomic mass is 10.1. The molecule has 1 heterocycles. The maximum absolute atomic E-state index is 12.5. The zero-order valence-electron chi connectivity index (χ0n) is 14.9. The third-order valence-electron chi connectivity index (χ3n) is 3.76. The predicted molar refractivity (Wildman–Crippen MR) is 103 cm³/mol. The molecule has 0 bridgehead atoms. The molecular formula is C19H15N5O5. The number of nitrogen functional groups attached to an aromatic ring is 1. The summed E-state index contributed by atoms with van der Waals surface area (Å²) in [5, 5.41) is 10.9. The molecule has 2 amide bonds. The molecule has 29 heavy (non-hydrogen) atoms. The first-order valence-electron chi connectivity index (χ1n) is 8.28. The number of non-ortho nitro benzene ring substituents is 1. The molecule has 0 spiro atoms. The largest absolute Gasteiger partial charge is 0.438 e. The fourth-order valence-electron chi connectivity index (χ4n) is 2.35. The van der Waals surface area contributed by atoms with Crippen molar-refractivity contribution in [1.29, 1.82) is 0 Å². The van der Waals surface area contributed by atoms with Crippen LogP contribution in [-0.4, -0.2) is 21.7 Å². The van der Waals surface area contributed by atoms with Crippen molar-refractivity contribution in [3.63, 3.8) is 0 Å². The van der Waals surface area contributed by atoms with Crippen molar-refractivity contribution in [3.8, 4) is 11.6 Å². The number of carbonyl (C=O) groups is 2. The molecule has 146 valence electrons. The fourth-order valence-corrected chi connectivity index (χ4v) is 2.35. The van der Waals surface area contributed by atoms with E-state index < -0.39 is 16.7 Å². The van der Waals surface area contributed by atoms with Gasteiger partial charge >= 0.3 is 0 Å². The van der Waals surface area contributed by atoms with Crippen molar-refractivity contribution < 1.29 is 19.2 Å². The van der Waals surface area contributed by atoms with E-state index in [4.69, 9.17) is 10.5 Å². The molecule has 0 saturated heterocycles. The van der Waals surface area contributed by atoms with Crippen LogP contribution in [0, 0.1) is 10.1 Å². The van der Waals surface area contributed by atoms with Gasteiger partial charge in [-0.3, -0.25) is 30.6 Å². The summed E-state index contributed by atoms with van der Waals surface area (Å²) in [5.74, 6) is -0.982. The molecule has 10 heteroatoms. The molecule has 0 aliphatic carbocycles. The SMILES string of the molecule is Nc1ccc([N+](=O)[O-])cc1C(=O)NNC(=O)c1cccnc1Oc1ccccc1. The van der Waals surface area contributed by atoms with Gasteiger partial charge < -0.3 is 10.5 Å². The van der Waals surface area contributed by atoms with E-state index in [1.54, 1.807) is 24.3 Å². The zero-order chi connectivity index (χ0) is 20.8. The van der Waals surface area contributed by atoms with E-state index in [1.807, 2.05) is 6.07 Å². The maximum atomic E-state index is 12.5. The Morgan fingerprint density at radius 3 is 2.34 bits per heavy atom. The molecule has 0 aliphatic rings. The molecule has 10 nitrogen and oxygen atoms in total. The van der Waals surface area contributed by atoms with Gasteiger partial charge in [-0.05, 0) is 30.3 Å². The van der Waals surface area contributed by atoms with Gasteiger partial charge in [0.15, 0.2) is 0 Å². The van der Waals surface area contributed by atoms with Crippen molar-refractivity contribution in [2.75, 3.05) is 5.73 Å². The molecule has 3 aromatic rings. The number of carbonyl (C=O) groups excluding carboxylic acids is 2. The first-order valence-corrected chi connectivity index (χ1v) is 8.28. The van der Waals surface area contributed by atoms with Crippen molar-refractivity contribution in [2.45, 2.75) is 0 Å². The second kappa shape index (κ2) is 8.48. The van der Waals surface area contributed by atoms with Crippen LogP contribution in [-0.2, 0) is 0 Å². The summed E-state index contributed by atoms with van der Waals surface area (Å²) in [4.78, 5) is 39.0. The average molecular weight is 393 g/mol. The number of nitrogens with two attached hydrogens (primary N) is 1. The number of benzene rings is 2.